The van der Waals surface area contributed by atoms with Gasteiger partial charge < -0.3 is 9.31 Å². The van der Waals surface area contributed by atoms with E-state index in [9.17, 15) is 8.78 Å². The normalized spacial score (nSPS) is 21.4. The molecule has 2 rings (SSSR count). The maximum absolute atomic E-state index is 13.8. The fourth-order valence-corrected chi connectivity index (χ4v) is 1.89. The van der Waals surface area contributed by atoms with Crippen LogP contribution in [0.1, 0.15) is 33.3 Å². The van der Waals surface area contributed by atoms with E-state index in [-0.39, 0.29) is 5.46 Å². The maximum Gasteiger partial charge on any atom is 0.497 e. The Balaban J connectivity index is 2.41. The second kappa shape index (κ2) is 4.03. The van der Waals surface area contributed by atoms with E-state index >= 15 is 0 Å². The molecule has 0 saturated carbocycles. The van der Waals surface area contributed by atoms with Crippen LogP contribution >= 0.6 is 0 Å². The molecule has 0 atom stereocenters. The Bertz CT molecular complexity index is 470. The Morgan fingerprint density at radius 1 is 1.00 bits per heavy atom. The summed E-state index contributed by atoms with van der Waals surface area (Å²) in [6.07, 6.45) is 0. The molecular weight excluding hydrogens is 237 g/mol. The summed E-state index contributed by atoms with van der Waals surface area (Å²) in [6, 6.07) is 2.71. The first-order valence-electron chi connectivity index (χ1n) is 5.95. The molecule has 1 aromatic carbocycles. The van der Waals surface area contributed by atoms with Crippen LogP contribution < -0.4 is 5.46 Å². The van der Waals surface area contributed by atoms with Gasteiger partial charge in [-0.25, -0.2) is 8.78 Å². The van der Waals surface area contributed by atoms with Crippen molar-refractivity contribution < 1.29 is 18.1 Å². The zero-order valence-electron chi connectivity index (χ0n) is 11.3. The van der Waals surface area contributed by atoms with Gasteiger partial charge in [0.15, 0.2) is 11.6 Å². The molecule has 1 aliphatic rings. The molecule has 1 aliphatic heterocycles. The van der Waals surface area contributed by atoms with E-state index in [4.69, 9.17) is 9.31 Å². The Kier molecular flexibility index (Phi) is 3.02. The summed E-state index contributed by atoms with van der Waals surface area (Å²) in [6.45, 7) is 9.19. The van der Waals surface area contributed by atoms with Crippen LogP contribution in [0, 0.1) is 18.6 Å². The first-order valence-corrected chi connectivity index (χ1v) is 5.95. The predicted octanol–water partition coefficient (Wildman–Crippen LogP) is 2.57. The lowest BCUT2D eigenvalue weighted by Gasteiger charge is -2.32. The number of halogens is 2. The SMILES string of the molecule is Cc1cc(F)c(F)c(B2OC(C)(C)C(C)(C)O2)c1. The third-order valence-corrected chi connectivity index (χ3v) is 3.71. The van der Waals surface area contributed by atoms with Crippen LogP contribution in [0.4, 0.5) is 8.78 Å². The molecular formula is C13H17BF2O2. The van der Waals surface area contributed by atoms with Crippen molar-refractivity contribution in [3.63, 3.8) is 0 Å². The van der Waals surface area contributed by atoms with Crippen molar-refractivity contribution in [2.24, 2.45) is 0 Å². The van der Waals surface area contributed by atoms with Gasteiger partial charge in [0.25, 0.3) is 0 Å². The Morgan fingerprint density at radius 3 is 2.00 bits per heavy atom. The molecule has 0 spiro atoms. The van der Waals surface area contributed by atoms with E-state index in [1.54, 1.807) is 13.0 Å². The third kappa shape index (κ3) is 2.06. The number of benzene rings is 1. The average molecular weight is 254 g/mol. The average Bonchev–Trinajstić information content (AvgIpc) is 2.42. The zero-order chi connectivity index (χ0) is 13.7. The molecule has 5 heteroatoms. The summed E-state index contributed by atoms with van der Waals surface area (Å²) in [5, 5.41) is 0. The van der Waals surface area contributed by atoms with E-state index in [0.29, 0.717) is 5.56 Å². The van der Waals surface area contributed by atoms with Crippen LogP contribution in [0.3, 0.4) is 0 Å². The Labute approximate surface area is 106 Å². The predicted molar refractivity (Wildman–Crippen MR) is 66.8 cm³/mol. The first-order chi connectivity index (χ1) is 8.14. The van der Waals surface area contributed by atoms with Crippen molar-refractivity contribution in [1.82, 2.24) is 0 Å². The minimum absolute atomic E-state index is 0.117. The standard InChI is InChI=1S/C13H17BF2O2/c1-8-6-9(11(16)10(15)7-8)14-17-12(2,3)13(4,5)18-14/h6-7H,1-5H3. The Morgan fingerprint density at radius 2 is 1.50 bits per heavy atom. The molecule has 0 unspecified atom stereocenters. The lowest BCUT2D eigenvalue weighted by atomic mass is 9.78. The van der Waals surface area contributed by atoms with Crippen molar-refractivity contribution in [3.05, 3.63) is 29.3 Å². The van der Waals surface area contributed by atoms with Gasteiger partial charge in [-0.1, -0.05) is 6.07 Å². The summed E-state index contributed by atoms with van der Waals surface area (Å²) >= 11 is 0. The van der Waals surface area contributed by atoms with Crippen molar-refractivity contribution >= 4 is 12.6 Å². The van der Waals surface area contributed by atoms with Gasteiger partial charge in [0.05, 0.1) is 11.2 Å². The lowest BCUT2D eigenvalue weighted by Crippen LogP contribution is -2.41. The Hall–Kier alpha value is -0.935. The summed E-state index contributed by atoms with van der Waals surface area (Å²) in [5.74, 6) is -1.78. The second-order valence-electron chi connectivity index (χ2n) is 5.74. The van der Waals surface area contributed by atoms with Crippen LogP contribution in [-0.2, 0) is 9.31 Å². The number of aryl methyl sites for hydroxylation is 1. The largest absolute Gasteiger partial charge is 0.497 e. The van der Waals surface area contributed by atoms with E-state index in [1.807, 2.05) is 27.7 Å². The van der Waals surface area contributed by atoms with E-state index < -0.39 is 30.0 Å². The van der Waals surface area contributed by atoms with E-state index in [0.717, 1.165) is 6.07 Å². The summed E-state index contributed by atoms with van der Waals surface area (Å²) < 4.78 is 38.6. The van der Waals surface area contributed by atoms with Gasteiger partial charge in [-0.2, -0.15) is 0 Å². The minimum atomic E-state index is -0.904. The molecule has 1 saturated heterocycles. The van der Waals surface area contributed by atoms with Gasteiger partial charge in [-0.3, -0.25) is 0 Å². The molecule has 2 nitrogen and oxygen atoms in total. The van der Waals surface area contributed by atoms with Crippen LogP contribution in [0.25, 0.3) is 0 Å². The number of hydrogen-bond donors (Lipinski definition) is 0. The molecule has 0 bridgehead atoms. The molecule has 0 aliphatic carbocycles. The van der Waals surface area contributed by atoms with Crippen molar-refractivity contribution in [2.45, 2.75) is 45.8 Å². The monoisotopic (exact) mass is 254 g/mol. The summed E-state index contributed by atoms with van der Waals surface area (Å²) in [7, 11) is -0.871. The number of hydrogen-bond acceptors (Lipinski definition) is 2. The fourth-order valence-electron chi connectivity index (χ4n) is 1.89. The van der Waals surface area contributed by atoms with Crippen molar-refractivity contribution in [3.8, 4) is 0 Å². The first kappa shape index (κ1) is 13.5. The zero-order valence-corrected chi connectivity index (χ0v) is 11.3. The molecule has 0 aromatic heterocycles. The highest BCUT2D eigenvalue weighted by molar-refractivity contribution is 6.62. The molecule has 0 N–H and O–H groups in total. The third-order valence-electron chi connectivity index (χ3n) is 3.71. The fraction of sp³-hybridized carbons (Fsp3) is 0.538. The highest BCUT2D eigenvalue weighted by Crippen LogP contribution is 2.36. The molecule has 1 fully saturated rings. The highest BCUT2D eigenvalue weighted by atomic mass is 19.2. The smallest absolute Gasteiger partial charge is 0.399 e. The second-order valence-corrected chi connectivity index (χ2v) is 5.74. The van der Waals surface area contributed by atoms with Crippen LogP contribution in [-0.4, -0.2) is 18.3 Å². The topological polar surface area (TPSA) is 18.5 Å². The van der Waals surface area contributed by atoms with Gasteiger partial charge in [0.2, 0.25) is 0 Å². The molecule has 1 aromatic rings. The maximum atomic E-state index is 13.8. The van der Waals surface area contributed by atoms with Gasteiger partial charge in [0, 0.05) is 5.46 Å². The van der Waals surface area contributed by atoms with Crippen LogP contribution in [0.5, 0.6) is 0 Å². The summed E-state index contributed by atoms with van der Waals surface area (Å²) in [4.78, 5) is 0. The van der Waals surface area contributed by atoms with Crippen LogP contribution in [0.2, 0.25) is 0 Å². The van der Waals surface area contributed by atoms with E-state index in [1.165, 1.54) is 0 Å². The lowest BCUT2D eigenvalue weighted by molar-refractivity contribution is 0.00578. The molecule has 0 radical (unpaired) electrons. The van der Waals surface area contributed by atoms with Gasteiger partial charge in [0.1, 0.15) is 0 Å². The molecule has 98 valence electrons. The van der Waals surface area contributed by atoms with Gasteiger partial charge in [-0.15, -0.1) is 0 Å². The van der Waals surface area contributed by atoms with Gasteiger partial charge >= 0.3 is 7.12 Å². The highest BCUT2D eigenvalue weighted by Gasteiger charge is 2.52. The molecule has 1 heterocycles. The van der Waals surface area contributed by atoms with Crippen LogP contribution in [0.15, 0.2) is 12.1 Å². The number of rotatable bonds is 1. The molecule has 18 heavy (non-hydrogen) atoms. The minimum Gasteiger partial charge on any atom is -0.399 e. The quantitative estimate of drug-likeness (QED) is 0.717. The summed E-state index contributed by atoms with van der Waals surface area (Å²) in [5.41, 5.74) is -0.376. The molecule has 0 amide bonds. The van der Waals surface area contributed by atoms with Crippen molar-refractivity contribution in [1.29, 1.82) is 0 Å². The van der Waals surface area contributed by atoms with Gasteiger partial charge in [-0.05, 0) is 46.2 Å². The van der Waals surface area contributed by atoms with Crippen molar-refractivity contribution in [2.75, 3.05) is 0 Å². The van der Waals surface area contributed by atoms with E-state index in [2.05, 4.69) is 0 Å².